The fourth-order valence-corrected chi connectivity index (χ4v) is 3.45. The number of amides is 1. The van der Waals surface area contributed by atoms with Crippen LogP contribution in [0.2, 0.25) is 0 Å². The summed E-state index contributed by atoms with van der Waals surface area (Å²) >= 11 is 0. The Morgan fingerprint density at radius 1 is 1.12 bits per heavy atom. The Labute approximate surface area is 163 Å². The molecule has 138 valence electrons. The van der Waals surface area contributed by atoms with E-state index in [0.717, 1.165) is 19.0 Å². The number of hydrogen-bond acceptors (Lipinski definition) is 3. The quantitative estimate of drug-likeness (QED) is 0.400. The molecule has 3 rings (SSSR count). The number of halogens is 1. The molecule has 7 heteroatoms. The number of hydrogen-bond donors (Lipinski definition) is 1. The van der Waals surface area contributed by atoms with Crippen LogP contribution < -0.4 is 5.32 Å². The number of aliphatic imine (C=N–C) groups is 1. The Morgan fingerprint density at radius 2 is 1.83 bits per heavy atom. The molecule has 0 aromatic carbocycles. The monoisotopic (exact) mass is 449 g/mol. The van der Waals surface area contributed by atoms with Gasteiger partial charge in [0, 0.05) is 39.3 Å². The summed E-state index contributed by atoms with van der Waals surface area (Å²) in [5, 5.41) is 3.54. The Morgan fingerprint density at radius 3 is 2.46 bits per heavy atom. The third kappa shape index (κ3) is 5.47. The van der Waals surface area contributed by atoms with E-state index in [1.54, 1.807) is 19.0 Å². The van der Waals surface area contributed by atoms with Gasteiger partial charge in [0.25, 0.3) is 0 Å². The third-order valence-electron chi connectivity index (χ3n) is 5.14. The lowest BCUT2D eigenvalue weighted by Crippen LogP contribution is -2.45. The maximum Gasteiger partial charge on any atom is 0.243 e. The van der Waals surface area contributed by atoms with Crippen molar-refractivity contribution in [2.24, 2.45) is 4.99 Å². The van der Waals surface area contributed by atoms with E-state index in [9.17, 15) is 4.79 Å². The van der Waals surface area contributed by atoms with Crippen LogP contribution >= 0.6 is 24.0 Å². The van der Waals surface area contributed by atoms with E-state index in [1.165, 1.54) is 51.6 Å². The molecule has 0 aromatic rings. The molecule has 2 saturated heterocycles. The lowest BCUT2D eigenvalue weighted by Gasteiger charge is -2.32. The van der Waals surface area contributed by atoms with Gasteiger partial charge in [-0.15, -0.1) is 24.0 Å². The van der Waals surface area contributed by atoms with E-state index in [-0.39, 0.29) is 36.4 Å². The maximum atomic E-state index is 11.8. The van der Waals surface area contributed by atoms with E-state index >= 15 is 0 Å². The van der Waals surface area contributed by atoms with Crippen molar-refractivity contribution in [1.82, 2.24) is 20.0 Å². The normalized spacial score (nSPS) is 25.3. The molecule has 3 fully saturated rings. The number of carbonyl (C=O) groups excluding carboxylic acids is 1. The zero-order valence-corrected chi connectivity index (χ0v) is 17.4. The summed E-state index contributed by atoms with van der Waals surface area (Å²) < 4.78 is 0. The average molecular weight is 449 g/mol. The summed E-state index contributed by atoms with van der Waals surface area (Å²) in [7, 11) is 3.57. The second kappa shape index (κ2) is 9.22. The van der Waals surface area contributed by atoms with Crippen molar-refractivity contribution in [2.75, 3.05) is 46.8 Å². The van der Waals surface area contributed by atoms with E-state index in [2.05, 4.69) is 20.1 Å². The number of nitrogens with one attached hydrogen (secondary N) is 1. The first kappa shape index (κ1) is 19.8. The third-order valence-corrected chi connectivity index (χ3v) is 5.14. The molecule has 2 heterocycles. The molecule has 0 spiro atoms. The van der Waals surface area contributed by atoms with Crippen LogP contribution in [0, 0.1) is 0 Å². The number of carbonyl (C=O) groups is 1. The van der Waals surface area contributed by atoms with Gasteiger partial charge in [0.1, 0.15) is 6.54 Å². The van der Waals surface area contributed by atoms with Crippen LogP contribution in [0.1, 0.15) is 38.5 Å². The van der Waals surface area contributed by atoms with Crippen LogP contribution in [-0.4, -0.2) is 85.5 Å². The molecule has 2 aliphatic heterocycles. The fraction of sp³-hybridized carbons (Fsp3) is 0.882. The zero-order chi connectivity index (χ0) is 16.2. The predicted molar refractivity (Wildman–Crippen MR) is 108 cm³/mol. The highest BCUT2D eigenvalue weighted by Crippen LogP contribution is 2.22. The topological polar surface area (TPSA) is 51.2 Å². The first-order valence-electron chi connectivity index (χ1n) is 9.13. The van der Waals surface area contributed by atoms with E-state index in [1.807, 2.05) is 0 Å². The van der Waals surface area contributed by atoms with Crippen LogP contribution in [0.15, 0.2) is 4.99 Å². The number of likely N-dealkylation sites (tertiary alicyclic amines) is 2. The minimum absolute atomic E-state index is 0. The summed E-state index contributed by atoms with van der Waals surface area (Å²) in [5.41, 5.74) is 0. The molecule has 1 N–H and O–H groups in total. The van der Waals surface area contributed by atoms with Gasteiger partial charge in [-0.1, -0.05) is 6.42 Å². The summed E-state index contributed by atoms with van der Waals surface area (Å²) in [5.74, 6) is 1.01. The largest absolute Gasteiger partial charge is 0.353 e. The van der Waals surface area contributed by atoms with Crippen molar-refractivity contribution in [1.29, 1.82) is 0 Å². The highest BCUT2D eigenvalue weighted by Gasteiger charge is 2.32. The number of nitrogens with zero attached hydrogens (tertiary/aromatic N) is 4. The summed E-state index contributed by atoms with van der Waals surface area (Å²) in [6.07, 6.45) is 7.74. The first-order chi connectivity index (χ1) is 11.1. The van der Waals surface area contributed by atoms with Crippen molar-refractivity contribution in [3.8, 4) is 0 Å². The van der Waals surface area contributed by atoms with E-state index < -0.39 is 0 Å². The average Bonchev–Trinajstić information content (AvgIpc) is 3.25. The second-order valence-corrected chi connectivity index (χ2v) is 7.33. The molecule has 1 unspecified atom stereocenters. The number of piperidine rings is 1. The molecular formula is C17H32IN5O. The van der Waals surface area contributed by atoms with Crippen molar-refractivity contribution in [3.05, 3.63) is 0 Å². The molecule has 6 nitrogen and oxygen atoms in total. The molecule has 1 amide bonds. The van der Waals surface area contributed by atoms with Gasteiger partial charge in [-0.25, -0.2) is 4.99 Å². The lowest BCUT2D eigenvalue weighted by atomic mass is 10.1. The minimum atomic E-state index is 0. The molecule has 1 aliphatic carbocycles. The van der Waals surface area contributed by atoms with Gasteiger partial charge < -0.3 is 15.1 Å². The molecule has 0 aromatic heterocycles. The molecule has 0 radical (unpaired) electrons. The van der Waals surface area contributed by atoms with Crippen molar-refractivity contribution in [3.63, 3.8) is 0 Å². The minimum Gasteiger partial charge on any atom is -0.353 e. The van der Waals surface area contributed by atoms with Crippen molar-refractivity contribution >= 4 is 35.8 Å². The van der Waals surface area contributed by atoms with Gasteiger partial charge in [-0.2, -0.15) is 0 Å². The Kier molecular flexibility index (Phi) is 7.59. The van der Waals surface area contributed by atoms with Crippen LogP contribution in [0.5, 0.6) is 0 Å². The smallest absolute Gasteiger partial charge is 0.243 e. The first-order valence-corrected chi connectivity index (χ1v) is 9.13. The highest BCUT2D eigenvalue weighted by molar-refractivity contribution is 14.0. The molecular weight excluding hydrogens is 417 g/mol. The Balaban J connectivity index is 0.00000208. The number of likely N-dealkylation sites (N-methyl/N-ethyl adjacent to an activating group) is 1. The molecule has 0 bridgehead atoms. The van der Waals surface area contributed by atoms with Crippen LogP contribution in [0.25, 0.3) is 0 Å². The maximum absolute atomic E-state index is 11.8. The van der Waals surface area contributed by atoms with Gasteiger partial charge in [-0.3, -0.25) is 9.69 Å². The Bertz CT molecular complexity index is 446. The van der Waals surface area contributed by atoms with Gasteiger partial charge in [0.05, 0.1) is 0 Å². The predicted octanol–water partition coefficient (Wildman–Crippen LogP) is 1.36. The summed E-state index contributed by atoms with van der Waals surface area (Å²) in [6.45, 7) is 4.85. The Hall–Kier alpha value is -0.570. The SMILES string of the molecule is CN(C)C(=O)CN=C(NC1CC1)N1CCC(N2CCCCC2)C1.I. The van der Waals surface area contributed by atoms with Crippen LogP contribution in [-0.2, 0) is 4.79 Å². The second-order valence-electron chi connectivity index (χ2n) is 7.33. The lowest BCUT2D eigenvalue weighted by molar-refractivity contribution is -0.127. The van der Waals surface area contributed by atoms with Gasteiger partial charge in [0.2, 0.25) is 5.91 Å². The number of rotatable bonds is 4. The van der Waals surface area contributed by atoms with Crippen LogP contribution in [0.4, 0.5) is 0 Å². The molecule has 1 atom stereocenters. The van der Waals surface area contributed by atoms with E-state index in [0.29, 0.717) is 12.1 Å². The zero-order valence-electron chi connectivity index (χ0n) is 15.0. The van der Waals surface area contributed by atoms with Crippen molar-refractivity contribution < 1.29 is 4.79 Å². The molecule has 1 saturated carbocycles. The van der Waals surface area contributed by atoms with Gasteiger partial charge >= 0.3 is 0 Å². The molecule has 3 aliphatic rings. The standard InChI is InChI=1S/C17H31N5O.HI/c1-20(2)16(23)12-18-17(19-14-6-7-14)22-11-8-15(13-22)21-9-4-3-5-10-21;/h14-15H,3-13H2,1-2H3,(H,18,19);1H. The summed E-state index contributed by atoms with van der Waals surface area (Å²) in [6, 6.07) is 1.23. The number of guanidine groups is 1. The van der Waals surface area contributed by atoms with E-state index in [4.69, 9.17) is 0 Å². The summed E-state index contributed by atoms with van der Waals surface area (Å²) in [4.78, 5) is 23.1. The van der Waals surface area contributed by atoms with Gasteiger partial charge in [0.15, 0.2) is 5.96 Å². The van der Waals surface area contributed by atoms with Crippen molar-refractivity contribution in [2.45, 2.75) is 50.6 Å². The highest BCUT2D eigenvalue weighted by atomic mass is 127. The van der Waals surface area contributed by atoms with Crippen LogP contribution in [0.3, 0.4) is 0 Å². The fourth-order valence-electron chi connectivity index (χ4n) is 3.45. The van der Waals surface area contributed by atoms with Gasteiger partial charge in [-0.05, 0) is 45.2 Å². The molecule has 24 heavy (non-hydrogen) atoms.